The van der Waals surface area contributed by atoms with Gasteiger partial charge in [0.1, 0.15) is 55.1 Å². The van der Waals surface area contributed by atoms with Gasteiger partial charge in [-0.05, 0) is 98.9 Å². The van der Waals surface area contributed by atoms with E-state index in [1.165, 1.54) is 25.8 Å². The van der Waals surface area contributed by atoms with Crippen LogP contribution in [0.3, 0.4) is 0 Å². The molecule has 5 heterocycles. The molecule has 0 unspecified atom stereocenters. The molecule has 3 fully saturated rings. The van der Waals surface area contributed by atoms with E-state index < -0.39 is 121 Å². The minimum absolute atomic E-state index is 0.0893. The van der Waals surface area contributed by atoms with E-state index in [-0.39, 0.29) is 31.6 Å². The fourth-order valence-electron chi connectivity index (χ4n) is 11.1. The van der Waals surface area contributed by atoms with Gasteiger partial charge in [-0.1, -0.05) is 48.5 Å². The van der Waals surface area contributed by atoms with Gasteiger partial charge in [-0.3, -0.25) is 4.79 Å². The zero-order valence-electron chi connectivity index (χ0n) is 45.6. The van der Waals surface area contributed by atoms with E-state index in [0.29, 0.717) is 31.6 Å². The number of halogens is 1. The number of aliphatic hydroxyl groups is 5. The molecule has 6 rings (SSSR count). The Balaban J connectivity index is 1.23. The predicted molar refractivity (Wildman–Crippen MR) is 269 cm³/mol. The lowest BCUT2D eigenvalue weighted by Gasteiger charge is -2.47. The minimum atomic E-state index is -1.85. The van der Waals surface area contributed by atoms with Crippen LogP contribution in [-0.2, 0) is 44.4 Å². The van der Waals surface area contributed by atoms with Gasteiger partial charge in [0.25, 0.3) is 0 Å². The Morgan fingerprint density at radius 3 is 2.28 bits per heavy atom. The standard InChI is InChI=1S/C53H85FN6O14/c1-14-42-53(9,66)47(62)33(5)59(11)27-30(2)23-51(7,65)43(22-41(32(4)49(64)73-42)72-44-24-52(8,68-13)48(63)34(6)71-44)74-50-45(61)39(21-31(3)70-50)58(10)20-19-38-28-60(57-56-38)40(25-54)46(67-12)36-17-15-35(16-18-36)37-26-55-69-29-37/h15-18,26,28-34,39-48,50,61-63,65-66H,14,19-25,27H2,1-13H3/t30-,31-,32-,33-,34+,39+,40-,41+,42-,43-,44+,45-,46-,47-,48+,50+,51-,52-,53-/m1/s1. The zero-order chi connectivity index (χ0) is 54.4. The molecule has 3 aliphatic heterocycles. The lowest BCUT2D eigenvalue weighted by molar-refractivity contribution is -0.308. The third-order valence-electron chi connectivity index (χ3n) is 16.1. The van der Waals surface area contributed by atoms with Crippen molar-refractivity contribution in [2.45, 2.75) is 203 Å². The molecule has 2 aromatic heterocycles. The summed E-state index contributed by atoms with van der Waals surface area (Å²) in [6.07, 6.45) is -4.83. The Morgan fingerprint density at radius 2 is 1.66 bits per heavy atom. The maximum absolute atomic E-state index is 14.8. The molecule has 0 spiro atoms. The van der Waals surface area contributed by atoms with Crippen molar-refractivity contribution in [3.63, 3.8) is 0 Å². The number of hydrogen-bond acceptors (Lipinski definition) is 19. The van der Waals surface area contributed by atoms with Crippen LogP contribution in [-0.4, -0.2) is 200 Å². The fourth-order valence-corrected chi connectivity index (χ4v) is 11.1. The molecular weight excluding hydrogens is 964 g/mol. The van der Waals surface area contributed by atoms with Crippen LogP contribution in [0, 0.1) is 11.8 Å². The minimum Gasteiger partial charge on any atom is -0.459 e. The van der Waals surface area contributed by atoms with Crippen molar-refractivity contribution >= 4 is 5.97 Å². The molecule has 20 nitrogen and oxygen atoms in total. The van der Waals surface area contributed by atoms with E-state index in [1.807, 2.05) is 62.0 Å². The number of esters is 1. The SMILES string of the molecule is CC[C@H]1OC(=O)[C@H](C)[C@@H](O[C@H]2C[C@@](C)(OC)[C@@H](O)[C@H](C)O2)C[C@@H](O[C@@H]2O[C@H](C)C[C@H](N(C)CCc3cn([C@H](CF)[C@H](OC)c4ccc(-c5cnoc5)cc4)nn3)[C@H]2O)[C@](C)(O)C[C@@H](C)CN(C)[C@H](C)[C@@H](O)[C@]1(C)O. The van der Waals surface area contributed by atoms with E-state index in [0.717, 1.165) is 16.7 Å². The number of carbonyl (C=O) groups is 1. The van der Waals surface area contributed by atoms with Crippen LogP contribution < -0.4 is 0 Å². The first-order valence-corrected chi connectivity index (χ1v) is 26.1. The van der Waals surface area contributed by atoms with E-state index in [2.05, 4.69) is 15.5 Å². The van der Waals surface area contributed by atoms with E-state index in [4.69, 9.17) is 37.7 Å². The molecule has 0 amide bonds. The number of cyclic esters (lactones) is 1. The number of rotatable bonds is 16. The molecule has 0 bridgehead atoms. The Bertz CT molecular complexity index is 2190. The average Bonchev–Trinajstić information content (AvgIpc) is 4.08. The summed E-state index contributed by atoms with van der Waals surface area (Å²) in [6.45, 7) is 15.6. The number of likely N-dealkylation sites (N-methyl/N-ethyl adjacent to an activating group) is 2. The third-order valence-corrected chi connectivity index (χ3v) is 16.1. The largest absolute Gasteiger partial charge is 0.459 e. The number of aromatic nitrogens is 4. The van der Waals surface area contributed by atoms with Crippen LogP contribution in [0.5, 0.6) is 0 Å². The summed E-state index contributed by atoms with van der Waals surface area (Å²) in [5.74, 6) is -2.00. The summed E-state index contributed by atoms with van der Waals surface area (Å²) < 4.78 is 65.0. The highest BCUT2D eigenvalue weighted by atomic mass is 19.1. The molecule has 5 N–H and O–H groups in total. The van der Waals surface area contributed by atoms with Crippen molar-refractivity contribution in [3.05, 3.63) is 54.2 Å². The molecule has 3 saturated heterocycles. The monoisotopic (exact) mass is 1050 g/mol. The van der Waals surface area contributed by atoms with Crippen molar-refractivity contribution in [1.29, 1.82) is 0 Å². The first-order chi connectivity index (χ1) is 34.9. The van der Waals surface area contributed by atoms with E-state index in [9.17, 15) is 34.7 Å². The maximum atomic E-state index is 14.8. The van der Waals surface area contributed by atoms with Gasteiger partial charge >= 0.3 is 5.97 Å². The molecular formula is C53H85FN6O14. The van der Waals surface area contributed by atoms with Crippen molar-refractivity contribution in [1.82, 2.24) is 30.0 Å². The summed E-state index contributed by atoms with van der Waals surface area (Å²) in [7, 11) is 6.72. The van der Waals surface area contributed by atoms with Gasteiger partial charge in [-0.2, -0.15) is 0 Å². The van der Waals surface area contributed by atoms with Gasteiger partial charge in [0.05, 0.1) is 53.4 Å². The summed E-state index contributed by atoms with van der Waals surface area (Å²) in [5, 5.41) is 71.9. The van der Waals surface area contributed by atoms with Crippen molar-refractivity contribution in [2.24, 2.45) is 11.8 Å². The first kappa shape index (κ1) is 59.7. The van der Waals surface area contributed by atoms with Crippen LogP contribution in [0.4, 0.5) is 4.39 Å². The van der Waals surface area contributed by atoms with E-state index in [1.54, 1.807) is 60.2 Å². The second kappa shape index (κ2) is 25.3. The molecule has 3 aromatic rings. The fraction of sp³-hybridized carbons (Fsp3) is 0.774. The van der Waals surface area contributed by atoms with Crippen molar-refractivity contribution in [2.75, 3.05) is 48.1 Å². The topological polar surface area (TPSA) is 246 Å². The van der Waals surface area contributed by atoms with Gasteiger partial charge in [-0.25, -0.2) is 9.07 Å². The van der Waals surface area contributed by atoms with Gasteiger partial charge in [-0.15, -0.1) is 5.10 Å². The second-order valence-electron chi connectivity index (χ2n) is 22.1. The zero-order valence-corrected chi connectivity index (χ0v) is 45.6. The van der Waals surface area contributed by atoms with E-state index >= 15 is 0 Å². The third kappa shape index (κ3) is 13.8. The van der Waals surface area contributed by atoms with Crippen LogP contribution >= 0.6 is 0 Å². The number of carbonyl (C=O) groups excluding carboxylic acids is 1. The van der Waals surface area contributed by atoms with Crippen LogP contribution in [0.2, 0.25) is 0 Å². The Kier molecular flexibility index (Phi) is 20.4. The Labute approximate surface area is 435 Å². The summed E-state index contributed by atoms with van der Waals surface area (Å²) in [5.41, 5.74) is -1.48. The van der Waals surface area contributed by atoms with Gasteiger partial charge < -0.3 is 73.0 Å². The Morgan fingerprint density at radius 1 is 0.959 bits per heavy atom. The van der Waals surface area contributed by atoms with Crippen LogP contribution in [0.25, 0.3) is 11.1 Å². The molecule has 0 radical (unpaired) electrons. The second-order valence-corrected chi connectivity index (χ2v) is 22.1. The highest BCUT2D eigenvalue weighted by molar-refractivity contribution is 5.73. The molecule has 1 aromatic carbocycles. The van der Waals surface area contributed by atoms with Crippen LogP contribution in [0.15, 0.2) is 47.4 Å². The molecule has 0 aliphatic carbocycles. The number of nitrogens with zero attached hydrogens (tertiary/aromatic N) is 6. The smallest absolute Gasteiger partial charge is 0.311 e. The lowest BCUT2D eigenvalue weighted by Crippen LogP contribution is -2.59. The number of benzene rings is 1. The number of ether oxygens (including phenoxy) is 7. The molecule has 3 aliphatic rings. The first-order valence-electron chi connectivity index (χ1n) is 26.1. The molecule has 21 heteroatoms. The highest BCUT2D eigenvalue weighted by Crippen LogP contribution is 2.39. The van der Waals surface area contributed by atoms with Crippen molar-refractivity contribution < 1.29 is 72.4 Å². The normalized spacial score (nSPS) is 38.2. The number of aliphatic hydroxyl groups excluding tert-OH is 3. The summed E-state index contributed by atoms with van der Waals surface area (Å²) >= 11 is 0. The Hall–Kier alpha value is -3.55. The summed E-state index contributed by atoms with van der Waals surface area (Å²) in [6, 6.07) is 5.65. The van der Waals surface area contributed by atoms with Gasteiger partial charge in [0.15, 0.2) is 12.6 Å². The number of hydrogen-bond donors (Lipinski definition) is 5. The number of alkyl halides is 1. The van der Waals surface area contributed by atoms with Gasteiger partial charge in [0, 0.05) is 70.4 Å². The van der Waals surface area contributed by atoms with Crippen molar-refractivity contribution in [3.8, 4) is 11.1 Å². The molecule has 74 heavy (non-hydrogen) atoms. The number of methoxy groups -OCH3 is 2. The van der Waals surface area contributed by atoms with Crippen LogP contribution in [0.1, 0.15) is 118 Å². The predicted octanol–water partition coefficient (Wildman–Crippen LogP) is 4.41. The summed E-state index contributed by atoms with van der Waals surface area (Å²) in [4.78, 5) is 18.3. The lowest BCUT2D eigenvalue weighted by atomic mass is 9.83. The molecule has 418 valence electrons. The molecule has 0 saturated carbocycles. The maximum Gasteiger partial charge on any atom is 0.311 e. The average molecular weight is 1050 g/mol. The van der Waals surface area contributed by atoms with Gasteiger partial charge in [0.2, 0.25) is 0 Å². The highest BCUT2D eigenvalue weighted by Gasteiger charge is 2.51. The quantitative estimate of drug-likeness (QED) is 0.125. The molecule has 19 atom stereocenters.